The predicted octanol–water partition coefficient (Wildman–Crippen LogP) is 5.35. The van der Waals surface area contributed by atoms with Crippen molar-refractivity contribution in [2.24, 2.45) is 0 Å². The number of thiazole rings is 1. The fourth-order valence-corrected chi connectivity index (χ4v) is 2.68. The summed E-state index contributed by atoms with van der Waals surface area (Å²) in [7, 11) is 0. The summed E-state index contributed by atoms with van der Waals surface area (Å²) in [4.78, 5) is 15.9. The van der Waals surface area contributed by atoms with Gasteiger partial charge in [-0.25, -0.2) is 4.98 Å². The van der Waals surface area contributed by atoms with Crippen molar-refractivity contribution in [1.82, 2.24) is 4.98 Å². The molecule has 0 radical (unpaired) electrons. The molecule has 1 aromatic heterocycles. The van der Waals surface area contributed by atoms with E-state index in [9.17, 15) is 4.79 Å². The summed E-state index contributed by atoms with van der Waals surface area (Å²) in [6.07, 6.45) is 3.14. The molecule has 4 nitrogen and oxygen atoms in total. The summed E-state index contributed by atoms with van der Waals surface area (Å²) >= 11 is 4.87. The van der Waals surface area contributed by atoms with Gasteiger partial charge in [0.15, 0.2) is 0 Å². The quantitative estimate of drug-likeness (QED) is 0.587. The zero-order chi connectivity index (χ0) is 16.8. The number of benzene rings is 2. The summed E-state index contributed by atoms with van der Waals surface area (Å²) in [5.41, 5.74) is 3.20. The summed E-state index contributed by atoms with van der Waals surface area (Å²) in [5.74, 6) is 1.25. The lowest BCUT2D eigenvalue weighted by atomic mass is 10.3. The average molecular weight is 401 g/mol. The minimum Gasteiger partial charge on any atom is -0.457 e. The Morgan fingerprint density at radius 1 is 1.08 bits per heavy atom. The molecule has 0 aliphatic heterocycles. The fourth-order valence-electron chi connectivity index (χ4n) is 1.89. The van der Waals surface area contributed by atoms with Gasteiger partial charge in [-0.15, -0.1) is 11.3 Å². The Balaban J connectivity index is 1.58. The number of hydrogen-bond acceptors (Lipinski definition) is 4. The largest absolute Gasteiger partial charge is 0.457 e. The third kappa shape index (κ3) is 4.78. The Kier molecular flexibility index (Phi) is 5.40. The number of amides is 1. The van der Waals surface area contributed by atoms with Gasteiger partial charge < -0.3 is 10.1 Å². The van der Waals surface area contributed by atoms with Crippen LogP contribution in [0.25, 0.3) is 6.08 Å². The van der Waals surface area contributed by atoms with Gasteiger partial charge in [-0.1, -0.05) is 15.9 Å². The van der Waals surface area contributed by atoms with Crippen LogP contribution >= 0.6 is 27.3 Å². The molecule has 3 aromatic rings. The van der Waals surface area contributed by atoms with Crippen LogP contribution in [-0.2, 0) is 4.79 Å². The third-order valence-electron chi connectivity index (χ3n) is 3.03. The molecular weight excluding hydrogens is 388 g/mol. The first-order chi connectivity index (χ1) is 11.7. The molecule has 120 valence electrons. The number of rotatable bonds is 5. The highest BCUT2D eigenvalue weighted by Gasteiger charge is 2.01. The number of carbonyl (C=O) groups is 1. The maximum atomic E-state index is 11.9. The van der Waals surface area contributed by atoms with Crippen molar-refractivity contribution < 1.29 is 9.53 Å². The number of carbonyl (C=O) groups excluding carboxylic acids is 1. The monoisotopic (exact) mass is 400 g/mol. The van der Waals surface area contributed by atoms with Crippen LogP contribution in [0.4, 0.5) is 5.69 Å². The summed E-state index contributed by atoms with van der Waals surface area (Å²) < 4.78 is 6.73. The molecule has 0 saturated heterocycles. The predicted molar refractivity (Wildman–Crippen MR) is 100 cm³/mol. The first kappa shape index (κ1) is 16.4. The van der Waals surface area contributed by atoms with Crippen LogP contribution in [0.5, 0.6) is 11.5 Å². The normalized spacial score (nSPS) is 10.7. The van der Waals surface area contributed by atoms with Crippen molar-refractivity contribution in [3.05, 3.63) is 75.7 Å². The van der Waals surface area contributed by atoms with Gasteiger partial charge in [-0.3, -0.25) is 4.79 Å². The molecule has 2 aromatic carbocycles. The Bertz CT molecular complexity index is 828. The van der Waals surface area contributed by atoms with Crippen LogP contribution in [0, 0.1) is 0 Å². The smallest absolute Gasteiger partial charge is 0.248 e. The summed E-state index contributed by atoms with van der Waals surface area (Å²) in [5, 5.41) is 4.66. The maximum absolute atomic E-state index is 11.9. The molecule has 0 atom stereocenters. The van der Waals surface area contributed by atoms with E-state index in [1.165, 1.54) is 17.4 Å². The van der Waals surface area contributed by atoms with E-state index in [0.717, 1.165) is 15.9 Å². The molecule has 1 heterocycles. The molecule has 1 N–H and O–H groups in total. The minimum absolute atomic E-state index is 0.204. The number of anilines is 1. The van der Waals surface area contributed by atoms with Crippen molar-refractivity contribution in [3.63, 3.8) is 0 Å². The van der Waals surface area contributed by atoms with Crippen molar-refractivity contribution in [1.29, 1.82) is 0 Å². The average Bonchev–Trinajstić information content (AvgIpc) is 3.10. The zero-order valence-electron chi connectivity index (χ0n) is 12.5. The van der Waals surface area contributed by atoms with E-state index in [1.807, 2.05) is 41.8 Å². The number of nitrogens with one attached hydrogen (secondary N) is 1. The summed E-state index contributed by atoms with van der Waals surface area (Å²) in [6, 6.07) is 14.8. The second-order valence-corrected chi connectivity index (χ2v) is 6.45. The lowest BCUT2D eigenvalue weighted by molar-refractivity contribution is -0.111. The molecule has 0 aliphatic carbocycles. The lowest BCUT2D eigenvalue weighted by Gasteiger charge is -2.07. The molecule has 6 heteroatoms. The van der Waals surface area contributed by atoms with Gasteiger partial charge in [-0.2, -0.15) is 0 Å². The molecule has 0 fully saturated rings. The Morgan fingerprint density at radius 2 is 1.75 bits per heavy atom. The van der Waals surface area contributed by atoms with Crippen LogP contribution in [0.15, 0.2) is 70.0 Å². The molecule has 0 spiro atoms. The Hall–Kier alpha value is -2.44. The topological polar surface area (TPSA) is 51.2 Å². The lowest BCUT2D eigenvalue weighted by Crippen LogP contribution is -2.07. The van der Waals surface area contributed by atoms with Gasteiger partial charge in [0.05, 0.1) is 11.2 Å². The molecule has 3 rings (SSSR count). The Labute approximate surface area is 152 Å². The number of nitrogens with zero attached hydrogens (tertiary/aromatic N) is 1. The van der Waals surface area contributed by atoms with Crippen LogP contribution in [0.3, 0.4) is 0 Å². The van der Waals surface area contributed by atoms with Crippen LogP contribution < -0.4 is 10.1 Å². The van der Waals surface area contributed by atoms with Gasteiger partial charge in [0, 0.05) is 21.6 Å². The molecular formula is C18H13BrN2O2S. The second-order valence-electron chi connectivity index (χ2n) is 4.82. The van der Waals surface area contributed by atoms with Gasteiger partial charge in [0.2, 0.25) is 5.91 Å². The number of halogens is 1. The van der Waals surface area contributed by atoms with Crippen molar-refractivity contribution in [3.8, 4) is 11.5 Å². The maximum Gasteiger partial charge on any atom is 0.248 e. The van der Waals surface area contributed by atoms with Gasteiger partial charge in [0.25, 0.3) is 0 Å². The highest BCUT2D eigenvalue weighted by molar-refractivity contribution is 9.10. The number of hydrogen-bond donors (Lipinski definition) is 1. The molecule has 24 heavy (non-hydrogen) atoms. The molecule has 0 saturated carbocycles. The second kappa shape index (κ2) is 7.90. The van der Waals surface area contributed by atoms with Crippen LogP contribution in [-0.4, -0.2) is 10.9 Å². The van der Waals surface area contributed by atoms with Gasteiger partial charge in [0.1, 0.15) is 11.5 Å². The van der Waals surface area contributed by atoms with E-state index in [-0.39, 0.29) is 5.91 Å². The van der Waals surface area contributed by atoms with Crippen molar-refractivity contribution in [2.45, 2.75) is 0 Å². The van der Waals surface area contributed by atoms with Crippen molar-refractivity contribution >= 4 is 44.9 Å². The van der Waals surface area contributed by atoms with E-state index in [0.29, 0.717) is 11.4 Å². The minimum atomic E-state index is -0.204. The number of ether oxygens (including phenoxy) is 1. The van der Waals surface area contributed by atoms with Gasteiger partial charge in [-0.05, 0) is 54.6 Å². The van der Waals surface area contributed by atoms with E-state index >= 15 is 0 Å². The van der Waals surface area contributed by atoms with E-state index in [1.54, 1.807) is 23.7 Å². The van der Waals surface area contributed by atoms with E-state index < -0.39 is 0 Å². The molecule has 0 bridgehead atoms. The fraction of sp³-hybridized carbons (Fsp3) is 0. The van der Waals surface area contributed by atoms with Crippen molar-refractivity contribution in [2.75, 3.05) is 5.32 Å². The molecule has 1 amide bonds. The van der Waals surface area contributed by atoms with E-state index in [2.05, 4.69) is 26.2 Å². The SMILES string of the molecule is O=C(C=Cc1cscn1)Nc1ccc(Oc2ccc(Br)cc2)cc1. The standard InChI is InChI=1S/C18H13BrN2O2S/c19-13-1-6-16(7-2-13)23-17-8-3-14(4-9-17)21-18(22)10-5-15-11-24-12-20-15/h1-12H,(H,21,22). The van der Waals surface area contributed by atoms with Crippen LogP contribution in [0.2, 0.25) is 0 Å². The Morgan fingerprint density at radius 3 is 2.38 bits per heavy atom. The summed E-state index contributed by atoms with van der Waals surface area (Å²) in [6.45, 7) is 0. The first-order valence-corrected chi connectivity index (χ1v) is 8.83. The molecule has 0 unspecified atom stereocenters. The highest BCUT2D eigenvalue weighted by atomic mass is 79.9. The highest BCUT2D eigenvalue weighted by Crippen LogP contribution is 2.24. The zero-order valence-corrected chi connectivity index (χ0v) is 14.9. The third-order valence-corrected chi connectivity index (χ3v) is 4.16. The van der Waals surface area contributed by atoms with Gasteiger partial charge >= 0.3 is 0 Å². The van der Waals surface area contributed by atoms with E-state index in [4.69, 9.17) is 4.74 Å². The molecule has 0 aliphatic rings. The number of aromatic nitrogens is 1. The van der Waals surface area contributed by atoms with Crippen LogP contribution in [0.1, 0.15) is 5.69 Å². The first-order valence-electron chi connectivity index (χ1n) is 7.10.